The van der Waals surface area contributed by atoms with Gasteiger partial charge in [-0.25, -0.2) is 13.8 Å². The molecule has 0 spiro atoms. The lowest BCUT2D eigenvalue weighted by Crippen LogP contribution is -2.06. The zero-order valence-electron chi connectivity index (χ0n) is 12.0. The third-order valence-electron chi connectivity index (χ3n) is 3.48. The van der Waals surface area contributed by atoms with Crippen molar-refractivity contribution in [2.24, 2.45) is 0 Å². The lowest BCUT2D eigenvalue weighted by atomic mass is 10.2. The number of nitrogen functional groups attached to an aromatic ring is 1. The van der Waals surface area contributed by atoms with E-state index in [1.54, 1.807) is 28.8 Å². The summed E-state index contributed by atoms with van der Waals surface area (Å²) in [6, 6.07) is 8.87. The molecule has 1 aromatic heterocycles. The number of aryl methyl sites for hydroxylation is 1. The fourth-order valence-electron chi connectivity index (χ4n) is 2.45. The molecule has 1 heterocycles. The lowest BCUT2D eigenvalue weighted by Gasteiger charge is -2.08. The molecule has 0 amide bonds. The number of aliphatic carboxylic acids is 1. The highest BCUT2D eigenvalue weighted by Crippen LogP contribution is 2.27. The number of carboxylic acids is 1. The Morgan fingerprint density at radius 2 is 1.96 bits per heavy atom. The van der Waals surface area contributed by atoms with Crippen LogP contribution in [0.3, 0.4) is 0 Å². The molecule has 0 atom stereocenters. The number of hydrogen-bond acceptors (Lipinski definition) is 3. The minimum absolute atomic E-state index is 0.0844. The van der Waals surface area contributed by atoms with Crippen molar-refractivity contribution in [2.45, 2.75) is 13.0 Å². The standard InChI is InChI=1S/C16H13F2N3O2/c17-11-7-13-14(8-12(11)18)21(5-4-15(22)23)16(20-13)9-2-1-3-10(19)6-9/h1-3,6-8H,4-5,19H2,(H,22,23). The monoisotopic (exact) mass is 317 g/mol. The molecule has 0 aliphatic rings. The smallest absolute Gasteiger partial charge is 0.305 e. The van der Waals surface area contributed by atoms with Gasteiger partial charge in [0.15, 0.2) is 11.6 Å². The quantitative estimate of drug-likeness (QED) is 0.725. The van der Waals surface area contributed by atoms with E-state index in [1.807, 2.05) is 0 Å². The SMILES string of the molecule is Nc1cccc(-c2nc3cc(F)c(F)cc3n2CCC(=O)O)c1. The molecule has 3 N–H and O–H groups in total. The van der Waals surface area contributed by atoms with E-state index in [4.69, 9.17) is 10.8 Å². The highest BCUT2D eigenvalue weighted by Gasteiger charge is 2.16. The second kappa shape index (κ2) is 5.68. The second-order valence-electron chi connectivity index (χ2n) is 5.11. The first kappa shape index (κ1) is 15.0. The zero-order valence-corrected chi connectivity index (χ0v) is 12.0. The fraction of sp³-hybridized carbons (Fsp3) is 0.125. The molecule has 118 valence electrons. The van der Waals surface area contributed by atoms with E-state index in [2.05, 4.69) is 4.98 Å². The molecule has 0 radical (unpaired) electrons. The lowest BCUT2D eigenvalue weighted by molar-refractivity contribution is -0.137. The first-order valence-electron chi connectivity index (χ1n) is 6.88. The Morgan fingerprint density at radius 3 is 2.65 bits per heavy atom. The van der Waals surface area contributed by atoms with Crippen molar-refractivity contribution in [2.75, 3.05) is 5.73 Å². The molecule has 0 aliphatic heterocycles. The van der Waals surface area contributed by atoms with Gasteiger partial charge in [0.1, 0.15) is 5.82 Å². The van der Waals surface area contributed by atoms with Crippen LogP contribution in [0.5, 0.6) is 0 Å². The number of hydrogen-bond donors (Lipinski definition) is 2. The van der Waals surface area contributed by atoms with E-state index >= 15 is 0 Å². The van der Waals surface area contributed by atoms with Crippen molar-refractivity contribution >= 4 is 22.7 Å². The molecule has 0 bridgehead atoms. The number of anilines is 1. The topological polar surface area (TPSA) is 81.1 Å². The average molecular weight is 317 g/mol. The molecule has 0 unspecified atom stereocenters. The van der Waals surface area contributed by atoms with E-state index in [0.717, 1.165) is 12.1 Å². The minimum Gasteiger partial charge on any atom is -0.481 e. The van der Waals surface area contributed by atoms with Crippen LogP contribution >= 0.6 is 0 Å². The summed E-state index contributed by atoms with van der Waals surface area (Å²) >= 11 is 0. The van der Waals surface area contributed by atoms with Gasteiger partial charge in [-0.15, -0.1) is 0 Å². The van der Waals surface area contributed by atoms with Crippen molar-refractivity contribution in [3.05, 3.63) is 48.0 Å². The van der Waals surface area contributed by atoms with Crippen LogP contribution in [0.2, 0.25) is 0 Å². The summed E-state index contributed by atoms with van der Waals surface area (Å²) in [5.41, 5.74) is 7.51. The Morgan fingerprint density at radius 1 is 1.22 bits per heavy atom. The van der Waals surface area contributed by atoms with Crippen LogP contribution in [0.1, 0.15) is 6.42 Å². The Balaban J connectivity index is 2.22. The first-order valence-corrected chi connectivity index (χ1v) is 6.88. The van der Waals surface area contributed by atoms with Crippen molar-refractivity contribution in [3.63, 3.8) is 0 Å². The van der Waals surface area contributed by atoms with E-state index in [9.17, 15) is 13.6 Å². The molecular formula is C16H13F2N3O2. The average Bonchev–Trinajstić information content (AvgIpc) is 2.83. The van der Waals surface area contributed by atoms with Gasteiger partial charge in [0.25, 0.3) is 0 Å². The van der Waals surface area contributed by atoms with Crippen LogP contribution in [0.15, 0.2) is 36.4 Å². The molecule has 3 rings (SSSR count). The van der Waals surface area contributed by atoms with Gasteiger partial charge in [-0.1, -0.05) is 12.1 Å². The van der Waals surface area contributed by atoms with Crippen molar-refractivity contribution < 1.29 is 18.7 Å². The van der Waals surface area contributed by atoms with E-state index in [-0.39, 0.29) is 18.5 Å². The van der Waals surface area contributed by atoms with Gasteiger partial charge in [0.2, 0.25) is 0 Å². The summed E-state index contributed by atoms with van der Waals surface area (Å²) in [5.74, 6) is -2.58. The van der Waals surface area contributed by atoms with Gasteiger partial charge >= 0.3 is 5.97 Å². The Hall–Kier alpha value is -2.96. The zero-order chi connectivity index (χ0) is 16.6. The first-order chi connectivity index (χ1) is 11.0. The van der Waals surface area contributed by atoms with Gasteiger partial charge < -0.3 is 15.4 Å². The number of nitrogens with two attached hydrogens (primary N) is 1. The normalized spacial score (nSPS) is 11.0. The maximum atomic E-state index is 13.6. The Kier molecular flexibility index (Phi) is 3.69. The number of fused-ring (bicyclic) bond motifs is 1. The number of carbonyl (C=O) groups is 1. The second-order valence-corrected chi connectivity index (χ2v) is 5.11. The predicted octanol–water partition coefficient (Wildman–Crippen LogP) is 3.04. The predicted molar refractivity (Wildman–Crippen MR) is 81.8 cm³/mol. The minimum atomic E-state index is -1.01. The third kappa shape index (κ3) is 2.85. The number of rotatable bonds is 4. The fourth-order valence-corrected chi connectivity index (χ4v) is 2.45. The molecule has 3 aromatic rings. The maximum absolute atomic E-state index is 13.6. The molecule has 0 aliphatic carbocycles. The summed E-state index contributed by atoms with van der Waals surface area (Å²) < 4.78 is 28.5. The number of benzene rings is 2. The Bertz CT molecular complexity index is 906. The summed E-state index contributed by atoms with van der Waals surface area (Å²) in [4.78, 5) is 15.2. The number of aromatic nitrogens is 2. The highest BCUT2D eigenvalue weighted by molar-refractivity contribution is 5.81. The number of carboxylic acid groups (broad SMARTS) is 1. The van der Waals surface area contributed by atoms with E-state index in [0.29, 0.717) is 22.6 Å². The van der Waals surface area contributed by atoms with Crippen LogP contribution in [-0.4, -0.2) is 20.6 Å². The maximum Gasteiger partial charge on any atom is 0.305 e. The van der Waals surface area contributed by atoms with Crippen LogP contribution in [0.4, 0.5) is 14.5 Å². The Labute approximate surface area is 130 Å². The van der Waals surface area contributed by atoms with Gasteiger partial charge in [-0.3, -0.25) is 4.79 Å². The molecule has 5 nitrogen and oxygen atoms in total. The van der Waals surface area contributed by atoms with Crippen molar-refractivity contribution in [1.82, 2.24) is 9.55 Å². The molecule has 2 aromatic carbocycles. The molecular weight excluding hydrogens is 304 g/mol. The largest absolute Gasteiger partial charge is 0.481 e. The van der Waals surface area contributed by atoms with Crippen molar-refractivity contribution in [3.8, 4) is 11.4 Å². The summed E-state index contributed by atoms with van der Waals surface area (Å²) in [7, 11) is 0. The molecule has 7 heteroatoms. The summed E-state index contributed by atoms with van der Waals surface area (Å²) in [6.07, 6.45) is -0.167. The molecule has 0 fully saturated rings. The summed E-state index contributed by atoms with van der Waals surface area (Å²) in [5, 5.41) is 8.90. The van der Waals surface area contributed by atoms with Crippen LogP contribution < -0.4 is 5.73 Å². The van der Waals surface area contributed by atoms with E-state index in [1.165, 1.54) is 0 Å². The van der Waals surface area contributed by atoms with Gasteiger partial charge in [-0.2, -0.15) is 0 Å². The summed E-state index contributed by atoms with van der Waals surface area (Å²) in [6.45, 7) is 0.0844. The van der Waals surface area contributed by atoms with Gasteiger partial charge in [-0.05, 0) is 12.1 Å². The molecule has 0 saturated heterocycles. The van der Waals surface area contributed by atoms with Crippen molar-refractivity contribution in [1.29, 1.82) is 0 Å². The highest BCUT2D eigenvalue weighted by atomic mass is 19.2. The number of nitrogens with zero attached hydrogens (tertiary/aromatic N) is 2. The third-order valence-corrected chi connectivity index (χ3v) is 3.48. The van der Waals surface area contributed by atoms with Crippen LogP contribution in [0.25, 0.3) is 22.4 Å². The number of imidazole rings is 1. The van der Waals surface area contributed by atoms with Crippen LogP contribution in [-0.2, 0) is 11.3 Å². The van der Waals surface area contributed by atoms with Crippen LogP contribution in [0, 0.1) is 11.6 Å². The molecule has 0 saturated carbocycles. The van der Waals surface area contributed by atoms with E-state index < -0.39 is 17.6 Å². The van der Waals surface area contributed by atoms with Gasteiger partial charge in [0, 0.05) is 29.9 Å². The number of halogens is 2. The van der Waals surface area contributed by atoms with Gasteiger partial charge in [0.05, 0.1) is 17.5 Å². The molecule has 23 heavy (non-hydrogen) atoms.